The zero-order chi connectivity index (χ0) is 28.7. The van der Waals surface area contributed by atoms with Crippen molar-refractivity contribution in [2.45, 2.75) is 10.1 Å². The number of rotatable bonds is 8. The van der Waals surface area contributed by atoms with Crippen LogP contribution in [0, 0.1) is 0 Å². The molecule has 6 aromatic rings. The number of hydrogen-bond donors (Lipinski definition) is 3. The minimum Gasteiger partial charge on any atom is -0.436 e. The van der Waals surface area contributed by atoms with E-state index in [9.17, 15) is 4.79 Å². The summed E-state index contributed by atoms with van der Waals surface area (Å²) in [7, 11) is 0. The normalized spacial score (nSPS) is 11.5. The number of thioether (sulfide) groups is 1. The summed E-state index contributed by atoms with van der Waals surface area (Å²) in [6, 6.07) is 42.5. The first-order valence-corrected chi connectivity index (χ1v) is 14.6. The van der Waals surface area contributed by atoms with Crippen LogP contribution in [-0.2, 0) is 4.79 Å². The number of nitrogens with zero attached hydrogens (tertiary/aromatic N) is 1. The van der Waals surface area contributed by atoms with Crippen molar-refractivity contribution in [2.24, 2.45) is 0 Å². The van der Waals surface area contributed by atoms with Gasteiger partial charge in [-0.25, -0.2) is 4.98 Å². The molecule has 3 N–H and O–H groups in total. The Morgan fingerprint density at radius 2 is 1.33 bits per heavy atom. The van der Waals surface area contributed by atoms with Gasteiger partial charge in [-0.1, -0.05) is 66.7 Å². The number of amides is 1. The summed E-state index contributed by atoms with van der Waals surface area (Å²) in [5.74, 6) is 0.416. The molecule has 0 spiro atoms. The molecule has 0 aliphatic heterocycles. The number of hydrogen-bond acceptors (Lipinski definition) is 5. The second-order valence-corrected chi connectivity index (χ2v) is 11.0. The SMILES string of the molecule is O=C(Nc1ccc(-c2nc3ccccc3o2)cc1)C(Sc1cccc(NC(=S)Nc2ccccc2)c1)c1ccccc1. The molecule has 1 amide bonds. The lowest BCUT2D eigenvalue weighted by molar-refractivity contribution is -0.115. The number of fused-ring (bicyclic) bond motifs is 1. The van der Waals surface area contributed by atoms with Gasteiger partial charge in [-0.15, -0.1) is 11.8 Å². The van der Waals surface area contributed by atoms with Gasteiger partial charge in [0, 0.05) is 27.5 Å². The third kappa shape index (κ3) is 6.68. The third-order valence-electron chi connectivity index (χ3n) is 6.41. The molecule has 0 fully saturated rings. The van der Waals surface area contributed by atoms with Gasteiger partial charge in [0.25, 0.3) is 0 Å². The molecule has 0 bridgehead atoms. The molecule has 1 atom stereocenters. The second-order valence-electron chi connectivity index (χ2n) is 9.43. The second kappa shape index (κ2) is 12.7. The lowest BCUT2D eigenvalue weighted by Crippen LogP contribution is -2.19. The first-order chi connectivity index (χ1) is 20.6. The zero-order valence-electron chi connectivity index (χ0n) is 22.4. The molecule has 1 heterocycles. The van der Waals surface area contributed by atoms with Gasteiger partial charge in [-0.05, 0) is 84.5 Å². The minimum absolute atomic E-state index is 0.125. The highest BCUT2D eigenvalue weighted by atomic mass is 32.2. The lowest BCUT2D eigenvalue weighted by Gasteiger charge is -2.18. The highest BCUT2D eigenvalue weighted by Gasteiger charge is 2.22. The monoisotopic (exact) mass is 586 g/mol. The van der Waals surface area contributed by atoms with Crippen LogP contribution in [0.4, 0.5) is 17.1 Å². The Labute approximate surface area is 253 Å². The maximum Gasteiger partial charge on any atom is 0.242 e. The van der Waals surface area contributed by atoms with Crippen LogP contribution in [0.2, 0.25) is 0 Å². The van der Waals surface area contributed by atoms with Gasteiger partial charge in [0.2, 0.25) is 11.8 Å². The number of thiocarbonyl (C=S) groups is 1. The van der Waals surface area contributed by atoms with Gasteiger partial charge in [0.05, 0.1) is 0 Å². The van der Waals surface area contributed by atoms with Gasteiger partial charge in [0.15, 0.2) is 10.7 Å². The Hall–Kier alpha value is -4.92. The largest absolute Gasteiger partial charge is 0.436 e. The van der Waals surface area contributed by atoms with Gasteiger partial charge in [0.1, 0.15) is 10.8 Å². The number of benzene rings is 5. The molecule has 0 aliphatic carbocycles. The van der Waals surface area contributed by atoms with Crippen LogP contribution in [0.15, 0.2) is 143 Å². The molecule has 0 aliphatic rings. The van der Waals surface area contributed by atoms with Gasteiger partial charge in [-0.2, -0.15) is 0 Å². The Kier molecular flexibility index (Phi) is 8.26. The number of oxazole rings is 1. The lowest BCUT2D eigenvalue weighted by atomic mass is 10.1. The molecular weight excluding hydrogens is 561 g/mol. The van der Waals surface area contributed by atoms with E-state index in [0.29, 0.717) is 16.7 Å². The minimum atomic E-state index is -0.479. The smallest absolute Gasteiger partial charge is 0.242 e. The maximum absolute atomic E-state index is 13.6. The first-order valence-electron chi connectivity index (χ1n) is 13.3. The Balaban J connectivity index is 1.16. The van der Waals surface area contributed by atoms with E-state index in [4.69, 9.17) is 16.6 Å². The molecule has 6 nitrogen and oxygen atoms in total. The molecule has 1 aromatic heterocycles. The van der Waals surface area contributed by atoms with Crippen molar-refractivity contribution >= 4 is 63.2 Å². The van der Waals surface area contributed by atoms with Gasteiger partial charge in [-0.3, -0.25) is 4.79 Å². The standard InChI is InChI=1S/C34H26N4O2S2/c39-32(35-26-20-18-24(19-21-26)33-38-29-16-7-8-17-30(29)40-33)31(23-10-3-1-4-11-23)42-28-15-9-14-27(22-28)37-34(41)36-25-12-5-2-6-13-25/h1-22,31H,(H,35,39)(H2,36,37,41). The highest BCUT2D eigenvalue weighted by molar-refractivity contribution is 8.00. The van der Waals surface area contributed by atoms with Crippen molar-refractivity contribution in [3.63, 3.8) is 0 Å². The van der Waals surface area contributed by atoms with Crippen LogP contribution < -0.4 is 16.0 Å². The molecule has 6 rings (SSSR count). The van der Waals surface area contributed by atoms with Crippen LogP contribution in [0.5, 0.6) is 0 Å². The molecule has 42 heavy (non-hydrogen) atoms. The summed E-state index contributed by atoms with van der Waals surface area (Å²) in [6.07, 6.45) is 0. The van der Waals surface area contributed by atoms with E-state index in [1.54, 1.807) is 0 Å². The molecule has 0 radical (unpaired) electrons. The summed E-state index contributed by atoms with van der Waals surface area (Å²) in [5.41, 5.74) is 5.71. The average Bonchev–Trinajstić information content (AvgIpc) is 3.46. The summed E-state index contributed by atoms with van der Waals surface area (Å²) < 4.78 is 5.88. The summed E-state index contributed by atoms with van der Waals surface area (Å²) >= 11 is 6.97. The quantitative estimate of drug-likeness (QED) is 0.122. The molecule has 0 saturated carbocycles. The topological polar surface area (TPSA) is 79.2 Å². The van der Waals surface area contributed by atoms with Crippen LogP contribution in [0.1, 0.15) is 10.8 Å². The molecule has 0 saturated heterocycles. The number of para-hydroxylation sites is 3. The van der Waals surface area contributed by atoms with E-state index in [1.165, 1.54) is 11.8 Å². The third-order valence-corrected chi connectivity index (χ3v) is 7.86. The molecule has 8 heteroatoms. The fraction of sp³-hybridized carbons (Fsp3) is 0.0294. The average molecular weight is 587 g/mol. The number of anilines is 3. The highest BCUT2D eigenvalue weighted by Crippen LogP contribution is 2.37. The fourth-order valence-corrected chi connectivity index (χ4v) is 5.72. The number of carbonyl (C=O) groups excluding carboxylic acids is 1. The van der Waals surface area contributed by atoms with E-state index < -0.39 is 5.25 Å². The van der Waals surface area contributed by atoms with Crippen LogP contribution in [0.25, 0.3) is 22.6 Å². The first kappa shape index (κ1) is 27.3. The molecule has 1 unspecified atom stereocenters. The van der Waals surface area contributed by atoms with E-state index >= 15 is 0 Å². The van der Waals surface area contributed by atoms with Crippen molar-refractivity contribution in [1.82, 2.24) is 4.98 Å². The Morgan fingerprint density at radius 1 is 0.690 bits per heavy atom. The van der Waals surface area contributed by atoms with E-state index in [0.717, 1.165) is 38.5 Å². The fourth-order valence-electron chi connectivity index (χ4n) is 4.40. The van der Waals surface area contributed by atoms with Crippen molar-refractivity contribution in [1.29, 1.82) is 0 Å². The van der Waals surface area contributed by atoms with Crippen molar-refractivity contribution < 1.29 is 9.21 Å². The van der Waals surface area contributed by atoms with Crippen LogP contribution in [0.3, 0.4) is 0 Å². The summed E-state index contributed by atoms with van der Waals surface area (Å²) in [6.45, 7) is 0. The van der Waals surface area contributed by atoms with Crippen LogP contribution >= 0.6 is 24.0 Å². The van der Waals surface area contributed by atoms with E-state index in [-0.39, 0.29) is 5.91 Å². The summed E-state index contributed by atoms with van der Waals surface area (Å²) in [4.78, 5) is 19.1. The van der Waals surface area contributed by atoms with E-state index in [2.05, 4.69) is 20.9 Å². The Bertz CT molecular complexity index is 1790. The number of carbonyl (C=O) groups is 1. The summed E-state index contributed by atoms with van der Waals surface area (Å²) in [5, 5.41) is 9.51. The van der Waals surface area contributed by atoms with Gasteiger partial charge < -0.3 is 20.4 Å². The molecule has 206 valence electrons. The molecular formula is C34H26N4O2S2. The van der Waals surface area contributed by atoms with E-state index in [1.807, 2.05) is 133 Å². The molecule has 5 aromatic carbocycles. The maximum atomic E-state index is 13.6. The Morgan fingerprint density at radius 3 is 2.10 bits per heavy atom. The van der Waals surface area contributed by atoms with Crippen molar-refractivity contribution in [2.75, 3.05) is 16.0 Å². The number of nitrogens with one attached hydrogen (secondary N) is 3. The van der Waals surface area contributed by atoms with Crippen molar-refractivity contribution in [3.8, 4) is 11.5 Å². The zero-order valence-corrected chi connectivity index (χ0v) is 24.0. The van der Waals surface area contributed by atoms with Crippen LogP contribution in [-0.4, -0.2) is 16.0 Å². The van der Waals surface area contributed by atoms with Gasteiger partial charge >= 0.3 is 0 Å². The van der Waals surface area contributed by atoms with Crippen molar-refractivity contribution in [3.05, 3.63) is 139 Å². The number of aromatic nitrogens is 1. The predicted octanol–water partition coefficient (Wildman–Crippen LogP) is 8.78. The predicted molar refractivity (Wildman–Crippen MR) is 176 cm³/mol.